The van der Waals surface area contributed by atoms with Gasteiger partial charge < -0.3 is 4.74 Å². The number of thioether (sulfide) groups is 1. The fourth-order valence-electron chi connectivity index (χ4n) is 1.84. The maximum absolute atomic E-state index is 13.1. The van der Waals surface area contributed by atoms with E-state index in [0.29, 0.717) is 19.4 Å². The number of hydrogen-bond acceptors (Lipinski definition) is 3. The Kier molecular flexibility index (Phi) is 13.5. The van der Waals surface area contributed by atoms with Crippen LogP contribution in [0.3, 0.4) is 0 Å². The minimum absolute atomic E-state index is 0.0378. The fraction of sp³-hybridized carbons (Fsp3) is 0.938. The third-order valence-electron chi connectivity index (χ3n) is 3.23. The smallest absolute Gasteiger partial charge is 0.319 e. The number of carbonyl (C=O) groups excluding carboxylic acids is 1. The molecule has 0 saturated heterocycles. The molecule has 0 heterocycles. The van der Waals surface area contributed by atoms with Crippen molar-refractivity contribution in [2.75, 3.05) is 12.4 Å². The monoisotopic (exact) mass is 306 g/mol. The summed E-state index contributed by atoms with van der Waals surface area (Å²) in [6.45, 7) is 6.58. The van der Waals surface area contributed by atoms with Crippen molar-refractivity contribution < 1.29 is 13.9 Å². The Morgan fingerprint density at radius 2 is 1.85 bits per heavy atom. The lowest BCUT2D eigenvalue weighted by molar-refractivity contribution is -0.143. The van der Waals surface area contributed by atoms with Crippen LogP contribution in [0, 0.1) is 0 Å². The Balaban J connectivity index is 3.81. The van der Waals surface area contributed by atoms with Crippen LogP contribution in [0.15, 0.2) is 0 Å². The van der Waals surface area contributed by atoms with Gasteiger partial charge in [0.2, 0.25) is 0 Å². The molecule has 0 fully saturated rings. The number of halogens is 1. The molecule has 2 atom stereocenters. The highest BCUT2D eigenvalue weighted by atomic mass is 32.2. The van der Waals surface area contributed by atoms with Crippen molar-refractivity contribution in [3.05, 3.63) is 0 Å². The Morgan fingerprint density at radius 3 is 2.45 bits per heavy atom. The molecule has 0 spiro atoms. The van der Waals surface area contributed by atoms with Gasteiger partial charge in [-0.15, -0.1) is 11.8 Å². The Bertz CT molecular complexity index is 237. The van der Waals surface area contributed by atoms with Crippen LogP contribution in [0.4, 0.5) is 4.39 Å². The lowest BCUT2D eigenvalue weighted by Gasteiger charge is -2.15. The van der Waals surface area contributed by atoms with Gasteiger partial charge in [-0.2, -0.15) is 0 Å². The van der Waals surface area contributed by atoms with Gasteiger partial charge in [-0.1, -0.05) is 33.6 Å². The van der Waals surface area contributed by atoms with Crippen LogP contribution in [0.2, 0.25) is 0 Å². The van der Waals surface area contributed by atoms with Crippen LogP contribution in [-0.2, 0) is 9.53 Å². The van der Waals surface area contributed by atoms with Crippen LogP contribution < -0.4 is 0 Å². The molecule has 0 saturated carbocycles. The van der Waals surface area contributed by atoms with Crippen molar-refractivity contribution >= 4 is 17.7 Å². The molecule has 0 aliphatic heterocycles. The summed E-state index contributed by atoms with van der Waals surface area (Å²) < 4.78 is 18.3. The van der Waals surface area contributed by atoms with Crippen molar-refractivity contribution in [3.63, 3.8) is 0 Å². The highest BCUT2D eigenvalue weighted by molar-refractivity contribution is 8.00. The zero-order valence-electron chi connectivity index (χ0n) is 13.3. The van der Waals surface area contributed by atoms with Crippen LogP contribution in [-0.4, -0.2) is 29.8 Å². The van der Waals surface area contributed by atoms with E-state index in [2.05, 4.69) is 13.8 Å². The van der Waals surface area contributed by atoms with E-state index in [1.807, 2.05) is 6.92 Å². The Hall–Kier alpha value is -0.250. The second kappa shape index (κ2) is 13.7. The summed E-state index contributed by atoms with van der Waals surface area (Å²) in [5, 5.41) is -0.0378. The van der Waals surface area contributed by atoms with E-state index in [1.54, 1.807) is 11.8 Å². The highest BCUT2D eigenvalue weighted by Crippen LogP contribution is 2.21. The first kappa shape index (κ1) is 19.8. The van der Waals surface area contributed by atoms with Crippen LogP contribution >= 0.6 is 11.8 Å². The molecule has 2 unspecified atom stereocenters. The van der Waals surface area contributed by atoms with E-state index in [4.69, 9.17) is 4.74 Å². The predicted molar refractivity (Wildman–Crippen MR) is 86.1 cm³/mol. The van der Waals surface area contributed by atoms with Gasteiger partial charge in [0.25, 0.3) is 0 Å². The first-order valence-corrected chi connectivity index (χ1v) is 9.12. The van der Waals surface area contributed by atoms with E-state index < -0.39 is 6.17 Å². The van der Waals surface area contributed by atoms with E-state index in [1.165, 1.54) is 0 Å². The third kappa shape index (κ3) is 10.5. The molecule has 4 heteroatoms. The van der Waals surface area contributed by atoms with Crippen LogP contribution in [0.25, 0.3) is 0 Å². The zero-order chi connectivity index (χ0) is 15.2. The summed E-state index contributed by atoms with van der Waals surface area (Å²) in [7, 11) is 0. The number of alkyl halides is 1. The van der Waals surface area contributed by atoms with E-state index in [-0.39, 0.29) is 11.2 Å². The minimum Gasteiger partial charge on any atom is -0.465 e. The Labute approximate surface area is 128 Å². The van der Waals surface area contributed by atoms with Gasteiger partial charge in [-0.25, -0.2) is 4.39 Å². The molecule has 20 heavy (non-hydrogen) atoms. The summed E-state index contributed by atoms with van der Waals surface area (Å²) in [5.74, 6) is 0.853. The molecule has 0 aromatic carbocycles. The number of hydrogen-bond donors (Lipinski definition) is 0. The third-order valence-corrected chi connectivity index (χ3v) is 4.58. The standard InChI is InChI=1S/C16H31FO2S/c1-4-7-12-19-16(18)15(10-5-2)20-13-9-8-11-14(17)6-3/h14-15H,4-13H2,1-3H3. The molecule has 0 aliphatic rings. The lowest BCUT2D eigenvalue weighted by atomic mass is 10.1. The summed E-state index contributed by atoms with van der Waals surface area (Å²) in [5.41, 5.74) is 0. The quantitative estimate of drug-likeness (QED) is 0.348. The van der Waals surface area contributed by atoms with E-state index >= 15 is 0 Å². The van der Waals surface area contributed by atoms with Crippen molar-refractivity contribution in [2.24, 2.45) is 0 Å². The molecule has 0 rings (SSSR count). The lowest BCUT2D eigenvalue weighted by Crippen LogP contribution is -2.21. The molecule has 0 N–H and O–H groups in total. The summed E-state index contributed by atoms with van der Waals surface area (Å²) in [6, 6.07) is 0. The van der Waals surface area contributed by atoms with Gasteiger partial charge in [-0.05, 0) is 44.3 Å². The number of unbranched alkanes of at least 4 members (excludes halogenated alkanes) is 2. The summed E-state index contributed by atoms with van der Waals surface area (Å²) in [6.07, 6.45) is 6.32. The number of esters is 1. The first-order chi connectivity index (χ1) is 9.65. The van der Waals surface area contributed by atoms with Gasteiger partial charge in [-0.3, -0.25) is 4.79 Å². The zero-order valence-corrected chi connectivity index (χ0v) is 14.1. The molecular weight excluding hydrogens is 275 g/mol. The SMILES string of the molecule is CCCCOC(=O)C(CCC)SCCCCC(F)CC. The number of rotatable bonds is 13. The average Bonchev–Trinajstić information content (AvgIpc) is 2.45. The molecule has 0 bridgehead atoms. The van der Waals surface area contributed by atoms with Crippen LogP contribution in [0.5, 0.6) is 0 Å². The number of ether oxygens (including phenoxy) is 1. The maximum Gasteiger partial charge on any atom is 0.319 e. The molecule has 2 nitrogen and oxygen atoms in total. The average molecular weight is 306 g/mol. The predicted octanol–water partition coefficient (Wildman–Crippen LogP) is 5.15. The topological polar surface area (TPSA) is 26.3 Å². The summed E-state index contributed by atoms with van der Waals surface area (Å²) in [4.78, 5) is 11.9. The van der Waals surface area contributed by atoms with Gasteiger partial charge in [0.15, 0.2) is 0 Å². The van der Waals surface area contributed by atoms with Crippen molar-refractivity contribution in [3.8, 4) is 0 Å². The van der Waals surface area contributed by atoms with Crippen LogP contribution in [0.1, 0.15) is 72.1 Å². The van der Waals surface area contributed by atoms with Crippen molar-refractivity contribution in [1.29, 1.82) is 0 Å². The molecule has 120 valence electrons. The molecular formula is C16H31FO2S. The molecule has 0 aromatic rings. The minimum atomic E-state index is -0.662. The van der Waals surface area contributed by atoms with E-state index in [9.17, 15) is 9.18 Å². The second-order valence-electron chi connectivity index (χ2n) is 5.17. The number of carbonyl (C=O) groups is 1. The van der Waals surface area contributed by atoms with Gasteiger partial charge in [0.05, 0.1) is 12.8 Å². The maximum atomic E-state index is 13.1. The van der Waals surface area contributed by atoms with Crippen molar-refractivity contribution in [1.82, 2.24) is 0 Å². The highest BCUT2D eigenvalue weighted by Gasteiger charge is 2.19. The molecule has 0 amide bonds. The largest absolute Gasteiger partial charge is 0.465 e. The second-order valence-corrected chi connectivity index (χ2v) is 6.48. The Morgan fingerprint density at radius 1 is 1.10 bits per heavy atom. The summed E-state index contributed by atoms with van der Waals surface area (Å²) >= 11 is 1.67. The van der Waals surface area contributed by atoms with Gasteiger partial charge >= 0.3 is 5.97 Å². The van der Waals surface area contributed by atoms with Gasteiger partial charge in [0.1, 0.15) is 5.25 Å². The first-order valence-electron chi connectivity index (χ1n) is 8.07. The normalized spacial score (nSPS) is 14.0. The molecule has 0 radical (unpaired) electrons. The molecule has 0 aliphatic carbocycles. The van der Waals surface area contributed by atoms with Crippen molar-refractivity contribution in [2.45, 2.75) is 83.6 Å². The fourth-order valence-corrected chi connectivity index (χ4v) is 3.10. The van der Waals surface area contributed by atoms with Gasteiger partial charge in [0, 0.05) is 0 Å². The molecule has 0 aromatic heterocycles. The van der Waals surface area contributed by atoms with E-state index in [0.717, 1.165) is 44.3 Å².